The van der Waals surface area contributed by atoms with E-state index in [2.05, 4.69) is 15.6 Å². The van der Waals surface area contributed by atoms with E-state index in [1.807, 2.05) is 43.3 Å². The number of nitrogens with one attached hydrogen (secondary N) is 2. The van der Waals surface area contributed by atoms with Crippen LogP contribution in [0.15, 0.2) is 53.5 Å². The van der Waals surface area contributed by atoms with Crippen molar-refractivity contribution in [2.75, 3.05) is 24.3 Å². The Labute approximate surface area is 171 Å². The molecule has 2 aromatic rings. The summed E-state index contributed by atoms with van der Waals surface area (Å²) in [4.78, 5) is 40.9. The number of thioether (sulfide) groups is 1. The fraction of sp³-hybridized carbons (Fsp3) is 0.211. The molecule has 1 unspecified atom stereocenters. The quantitative estimate of drug-likeness (QED) is 0.555. The first-order valence-corrected chi connectivity index (χ1v) is 9.57. The van der Waals surface area contributed by atoms with Gasteiger partial charge in [-0.05, 0) is 36.4 Å². The summed E-state index contributed by atoms with van der Waals surface area (Å²) in [6.45, 7) is 0. The van der Waals surface area contributed by atoms with E-state index in [1.54, 1.807) is 0 Å². The molecule has 2 aromatic carbocycles. The summed E-state index contributed by atoms with van der Waals surface area (Å²) in [5.74, 6) is -0.638. The van der Waals surface area contributed by atoms with Crippen molar-refractivity contribution in [1.29, 1.82) is 0 Å². The second-order valence-electron chi connectivity index (χ2n) is 6.48. The number of hydrogen-bond acceptors (Lipinski definition) is 7. The smallest absolute Gasteiger partial charge is 0.269 e. The third-order valence-electron chi connectivity index (χ3n) is 4.11. The van der Waals surface area contributed by atoms with Gasteiger partial charge in [0.15, 0.2) is 5.17 Å². The highest BCUT2D eigenvalue weighted by Crippen LogP contribution is 2.26. The van der Waals surface area contributed by atoms with Gasteiger partial charge in [0.1, 0.15) is 5.25 Å². The highest BCUT2D eigenvalue weighted by atomic mass is 32.2. The monoisotopic (exact) mass is 413 g/mol. The number of benzene rings is 2. The first-order chi connectivity index (χ1) is 13.8. The Hall–Kier alpha value is -3.40. The lowest BCUT2D eigenvalue weighted by Gasteiger charge is -2.11. The predicted octanol–water partition coefficient (Wildman–Crippen LogP) is 2.91. The molecule has 1 heterocycles. The number of anilines is 2. The van der Waals surface area contributed by atoms with Gasteiger partial charge in [0.25, 0.3) is 5.69 Å². The van der Waals surface area contributed by atoms with E-state index in [4.69, 9.17) is 0 Å². The summed E-state index contributed by atoms with van der Waals surface area (Å²) in [5, 5.41) is 15.8. The van der Waals surface area contributed by atoms with Crippen molar-refractivity contribution in [3.8, 4) is 0 Å². The zero-order valence-corrected chi connectivity index (χ0v) is 16.6. The molecule has 0 aliphatic carbocycles. The molecule has 1 fully saturated rings. The summed E-state index contributed by atoms with van der Waals surface area (Å²) in [7, 11) is 3.89. The number of amides is 2. The minimum atomic E-state index is -0.590. The molecule has 150 valence electrons. The van der Waals surface area contributed by atoms with Gasteiger partial charge in [-0.15, -0.1) is 0 Å². The van der Waals surface area contributed by atoms with Gasteiger partial charge >= 0.3 is 0 Å². The molecule has 1 aliphatic rings. The maximum absolute atomic E-state index is 12.2. The summed E-state index contributed by atoms with van der Waals surface area (Å²) in [5.41, 5.74) is 2.11. The zero-order valence-electron chi connectivity index (χ0n) is 15.8. The van der Waals surface area contributed by atoms with Crippen LogP contribution in [0.4, 0.5) is 22.7 Å². The van der Waals surface area contributed by atoms with E-state index < -0.39 is 10.2 Å². The number of nitrogens with zero attached hydrogens (tertiary/aromatic N) is 3. The Morgan fingerprint density at radius 2 is 1.86 bits per heavy atom. The number of rotatable bonds is 6. The van der Waals surface area contributed by atoms with Crippen molar-refractivity contribution in [3.05, 3.63) is 58.6 Å². The van der Waals surface area contributed by atoms with Gasteiger partial charge in [-0.25, -0.2) is 4.99 Å². The van der Waals surface area contributed by atoms with Crippen LogP contribution in [0.25, 0.3) is 0 Å². The zero-order chi connectivity index (χ0) is 21.0. The Morgan fingerprint density at radius 1 is 1.21 bits per heavy atom. The average molecular weight is 413 g/mol. The van der Waals surface area contributed by atoms with E-state index in [-0.39, 0.29) is 23.9 Å². The van der Waals surface area contributed by atoms with E-state index in [1.165, 1.54) is 36.0 Å². The topological polar surface area (TPSA) is 117 Å². The second kappa shape index (κ2) is 8.74. The largest absolute Gasteiger partial charge is 0.378 e. The molecule has 0 bridgehead atoms. The number of aliphatic imine (C=N–C) groups is 1. The van der Waals surface area contributed by atoms with E-state index >= 15 is 0 Å². The predicted molar refractivity (Wildman–Crippen MR) is 114 cm³/mol. The fourth-order valence-corrected chi connectivity index (χ4v) is 3.57. The van der Waals surface area contributed by atoms with Crippen molar-refractivity contribution in [2.45, 2.75) is 11.7 Å². The number of carbonyl (C=O) groups excluding carboxylic acids is 2. The highest BCUT2D eigenvalue weighted by molar-refractivity contribution is 8.15. The number of nitro groups is 1. The number of hydrogen-bond donors (Lipinski definition) is 2. The maximum atomic E-state index is 12.2. The van der Waals surface area contributed by atoms with Crippen LogP contribution in [0.2, 0.25) is 0 Å². The summed E-state index contributed by atoms with van der Waals surface area (Å²) in [6.07, 6.45) is -0.0356. The van der Waals surface area contributed by atoms with Crippen LogP contribution in [0.1, 0.15) is 6.42 Å². The lowest BCUT2D eigenvalue weighted by atomic mass is 10.2. The van der Waals surface area contributed by atoms with Gasteiger partial charge in [0, 0.05) is 44.0 Å². The minimum Gasteiger partial charge on any atom is -0.378 e. The first-order valence-electron chi connectivity index (χ1n) is 8.70. The van der Waals surface area contributed by atoms with Crippen LogP contribution < -0.4 is 15.5 Å². The van der Waals surface area contributed by atoms with Crippen molar-refractivity contribution in [2.24, 2.45) is 4.99 Å². The molecule has 2 amide bonds. The average Bonchev–Trinajstić information content (AvgIpc) is 3.01. The number of nitro benzene ring substituents is 1. The van der Waals surface area contributed by atoms with Crippen LogP contribution in [-0.2, 0) is 9.59 Å². The lowest BCUT2D eigenvalue weighted by Crippen LogP contribution is -2.28. The molecule has 0 spiro atoms. The highest BCUT2D eigenvalue weighted by Gasteiger charge is 2.32. The van der Waals surface area contributed by atoms with Crippen molar-refractivity contribution in [1.82, 2.24) is 5.32 Å². The van der Waals surface area contributed by atoms with Crippen LogP contribution in [0.3, 0.4) is 0 Å². The molecule has 0 saturated carbocycles. The van der Waals surface area contributed by atoms with Crippen molar-refractivity contribution >= 4 is 51.5 Å². The normalized spacial score (nSPS) is 17.1. The molecule has 0 radical (unpaired) electrons. The third kappa shape index (κ3) is 5.32. The van der Waals surface area contributed by atoms with Gasteiger partial charge in [0.2, 0.25) is 11.8 Å². The number of amidine groups is 1. The number of carbonyl (C=O) groups is 2. The third-order valence-corrected chi connectivity index (χ3v) is 5.19. The summed E-state index contributed by atoms with van der Waals surface area (Å²) >= 11 is 1.20. The lowest BCUT2D eigenvalue weighted by molar-refractivity contribution is -0.384. The molecule has 1 atom stereocenters. The van der Waals surface area contributed by atoms with Gasteiger partial charge in [-0.2, -0.15) is 0 Å². The SMILES string of the molecule is CN(C)c1ccc(N=C2NC(=O)C(CC(=O)Nc3ccc([N+](=O)[O-])cc3)S2)cc1. The number of non-ortho nitro benzene ring substituents is 1. The van der Waals surface area contributed by atoms with Crippen LogP contribution in [-0.4, -0.2) is 41.3 Å². The van der Waals surface area contributed by atoms with Crippen LogP contribution >= 0.6 is 11.8 Å². The summed E-state index contributed by atoms with van der Waals surface area (Å²) in [6, 6.07) is 13.1. The molecule has 0 aromatic heterocycles. The van der Waals surface area contributed by atoms with E-state index in [0.717, 1.165) is 5.69 Å². The molecule has 2 N–H and O–H groups in total. The molecule has 1 aliphatic heterocycles. The molecule has 9 nitrogen and oxygen atoms in total. The standard InChI is InChI=1S/C19H19N5O4S/c1-23(2)14-7-3-13(4-8-14)21-19-22-18(26)16(29-19)11-17(25)20-12-5-9-15(10-6-12)24(27)28/h3-10,16H,11H2,1-2H3,(H,20,25)(H,21,22,26). The van der Waals surface area contributed by atoms with Gasteiger partial charge in [-0.3, -0.25) is 19.7 Å². The summed E-state index contributed by atoms with van der Waals surface area (Å²) < 4.78 is 0. The minimum absolute atomic E-state index is 0.0356. The van der Waals surface area contributed by atoms with E-state index in [0.29, 0.717) is 16.5 Å². The van der Waals surface area contributed by atoms with Crippen LogP contribution in [0, 0.1) is 10.1 Å². The Bertz CT molecular complexity index is 958. The Morgan fingerprint density at radius 3 is 2.45 bits per heavy atom. The molecule has 29 heavy (non-hydrogen) atoms. The molecule has 1 saturated heterocycles. The molecule has 10 heteroatoms. The second-order valence-corrected chi connectivity index (χ2v) is 7.67. The maximum Gasteiger partial charge on any atom is 0.269 e. The van der Waals surface area contributed by atoms with Crippen LogP contribution in [0.5, 0.6) is 0 Å². The van der Waals surface area contributed by atoms with Crippen molar-refractivity contribution < 1.29 is 14.5 Å². The Kier molecular flexibility index (Phi) is 6.13. The molecular weight excluding hydrogens is 394 g/mol. The van der Waals surface area contributed by atoms with Gasteiger partial charge < -0.3 is 15.5 Å². The molecular formula is C19H19N5O4S. The Balaban J connectivity index is 1.58. The van der Waals surface area contributed by atoms with Crippen molar-refractivity contribution in [3.63, 3.8) is 0 Å². The first kappa shape index (κ1) is 20.3. The van der Waals surface area contributed by atoms with Gasteiger partial charge in [-0.1, -0.05) is 11.8 Å². The molecule has 3 rings (SSSR count). The van der Waals surface area contributed by atoms with E-state index in [9.17, 15) is 19.7 Å². The fourth-order valence-electron chi connectivity index (χ4n) is 2.58. The van der Waals surface area contributed by atoms with Gasteiger partial charge in [0.05, 0.1) is 10.6 Å².